The second-order valence-corrected chi connectivity index (χ2v) is 9.27. The highest BCUT2D eigenvalue weighted by atomic mass is 16.5. The number of hydrogen-bond acceptors (Lipinski definition) is 4. The van der Waals surface area contributed by atoms with Gasteiger partial charge in [-0.05, 0) is 69.4 Å². The number of carbonyl (C=O) groups excluding carboxylic acids is 1. The molecule has 2 heterocycles. The first-order valence-corrected chi connectivity index (χ1v) is 12.2. The summed E-state index contributed by atoms with van der Waals surface area (Å²) in [4.78, 5) is 19.8. The Kier molecular flexibility index (Phi) is 7.69. The molecule has 0 unspecified atom stereocenters. The second-order valence-electron chi connectivity index (χ2n) is 9.27. The van der Waals surface area contributed by atoms with Crippen LogP contribution in [0.5, 0.6) is 5.75 Å². The Morgan fingerprint density at radius 3 is 2.41 bits per heavy atom. The van der Waals surface area contributed by atoms with Gasteiger partial charge in [-0.1, -0.05) is 24.3 Å². The first-order chi connectivity index (χ1) is 15.6. The molecule has 0 saturated carbocycles. The number of ether oxygens (including phenoxy) is 1. The van der Waals surface area contributed by atoms with Gasteiger partial charge in [0.05, 0.1) is 11.8 Å². The molecule has 2 aliphatic heterocycles. The molecule has 2 aliphatic rings. The van der Waals surface area contributed by atoms with Gasteiger partial charge in [0.15, 0.2) is 0 Å². The van der Waals surface area contributed by atoms with E-state index < -0.39 is 0 Å². The maximum Gasteiger partial charge on any atom is 0.253 e. The number of benzene rings is 2. The van der Waals surface area contributed by atoms with E-state index in [1.54, 1.807) is 0 Å². The summed E-state index contributed by atoms with van der Waals surface area (Å²) in [5.74, 6) is 1.17. The van der Waals surface area contributed by atoms with Crippen LogP contribution < -0.4 is 9.64 Å². The molecule has 5 nitrogen and oxygen atoms in total. The zero-order chi connectivity index (χ0) is 22.3. The van der Waals surface area contributed by atoms with Gasteiger partial charge in [-0.25, -0.2) is 0 Å². The van der Waals surface area contributed by atoms with Crippen molar-refractivity contribution in [3.8, 4) is 5.75 Å². The van der Waals surface area contributed by atoms with E-state index in [1.165, 1.54) is 17.7 Å². The minimum absolute atomic E-state index is 0.176. The molecule has 2 saturated heterocycles. The van der Waals surface area contributed by atoms with Crippen molar-refractivity contribution >= 4 is 11.6 Å². The summed E-state index contributed by atoms with van der Waals surface area (Å²) in [5.41, 5.74) is 3.30. The Labute approximate surface area is 193 Å². The molecular weight excluding hydrogens is 398 g/mol. The van der Waals surface area contributed by atoms with E-state index in [4.69, 9.17) is 4.74 Å². The number of nitrogens with zero attached hydrogens (tertiary/aromatic N) is 3. The highest BCUT2D eigenvalue weighted by molar-refractivity contribution is 5.94. The van der Waals surface area contributed by atoms with Crippen LogP contribution in [0.4, 0.5) is 5.69 Å². The maximum atomic E-state index is 12.8. The highest BCUT2D eigenvalue weighted by Gasteiger charge is 2.21. The predicted molar refractivity (Wildman–Crippen MR) is 131 cm³/mol. The van der Waals surface area contributed by atoms with Crippen LogP contribution in [0.3, 0.4) is 0 Å². The van der Waals surface area contributed by atoms with Gasteiger partial charge in [-0.3, -0.25) is 9.69 Å². The van der Waals surface area contributed by atoms with Gasteiger partial charge < -0.3 is 14.5 Å². The molecule has 4 rings (SSSR count). The quantitative estimate of drug-likeness (QED) is 0.643. The number of likely N-dealkylation sites (tertiary alicyclic amines) is 1. The third-order valence-corrected chi connectivity index (χ3v) is 6.47. The summed E-state index contributed by atoms with van der Waals surface area (Å²) in [5, 5.41) is 0. The van der Waals surface area contributed by atoms with Crippen LogP contribution in [-0.4, -0.2) is 67.6 Å². The molecule has 2 aromatic rings. The summed E-state index contributed by atoms with van der Waals surface area (Å²) in [6, 6.07) is 16.6. The Hall–Kier alpha value is -2.53. The first kappa shape index (κ1) is 22.7. The topological polar surface area (TPSA) is 36.0 Å². The molecule has 0 radical (unpaired) electrons. The van der Waals surface area contributed by atoms with Gasteiger partial charge in [0.1, 0.15) is 5.75 Å². The summed E-state index contributed by atoms with van der Waals surface area (Å²) in [6.07, 6.45) is 4.66. The molecule has 0 atom stereocenters. The van der Waals surface area contributed by atoms with Gasteiger partial charge in [0.25, 0.3) is 5.91 Å². The van der Waals surface area contributed by atoms with E-state index in [2.05, 4.69) is 54.0 Å². The molecule has 0 bridgehead atoms. The summed E-state index contributed by atoms with van der Waals surface area (Å²) in [7, 11) is 0. The normalized spacial score (nSPS) is 17.6. The lowest BCUT2D eigenvalue weighted by molar-refractivity contribution is 0.0724. The van der Waals surface area contributed by atoms with Crippen molar-refractivity contribution in [3.05, 3.63) is 59.7 Å². The van der Waals surface area contributed by atoms with Crippen LogP contribution >= 0.6 is 0 Å². The summed E-state index contributed by atoms with van der Waals surface area (Å²) >= 11 is 0. The molecule has 0 aromatic heterocycles. The number of piperazine rings is 1. The average Bonchev–Trinajstić information content (AvgIpc) is 2.83. The van der Waals surface area contributed by atoms with Crippen molar-refractivity contribution < 1.29 is 9.53 Å². The standard InChI is InChI=1S/C27H37N3O2/c1-22(2)32-26-12-5-4-11-25(26)29-19-17-28(18-20-29)16-13-23-9-8-10-24(21-23)27(31)30-14-6-3-7-15-30/h4-5,8-12,21-22H,3,6-7,13-20H2,1-2H3. The zero-order valence-corrected chi connectivity index (χ0v) is 19.6. The van der Waals surface area contributed by atoms with Crippen molar-refractivity contribution in [2.75, 3.05) is 50.7 Å². The van der Waals surface area contributed by atoms with E-state index in [0.29, 0.717) is 0 Å². The van der Waals surface area contributed by atoms with Crippen LogP contribution in [0, 0.1) is 0 Å². The SMILES string of the molecule is CC(C)Oc1ccccc1N1CCN(CCc2cccc(C(=O)N3CCCCC3)c2)CC1. The lowest BCUT2D eigenvalue weighted by atomic mass is 10.0. The lowest BCUT2D eigenvalue weighted by Gasteiger charge is -2.37. The zero-order valence-electron chi connectivity index (χ0n) is 19.6. The van der Waals surface area contributed by atoms with Crippen molar-refractivity contribution in [1.29, 1.82) is 0 Å². The van der Waals surface area contributed by atoms with Crippen molar-refractivity contribution in [2.45, 2.75) is 45.6 Å². The molecule has 2 fully saturated rings. The number of rotatable bonds is 7. The lowest BCUT2D eigenvalue weighted by Crippen LogP contribution is -2.47. The number of para-hydroxylation sites is 2. The van der Waals surface area contributed by atoms with Gasteiger partial charge in [0, 0.05) is 51.4 Å². The molecule has 172 valence electrons. The fourth-order valence-electron chi connectivity index (χ4n) is 4.71. The number of piperidine rings is 1. The average molecular weight is 436 g/mol. The summed E-state index contributed by atoms with van der Waals surface area (Å²) in [6.45, 7) is 11.1. The van der Waals surface area contributed by atoms with E-state index in [9.17, 15) is 4.79 Å². The van der Waals surface area contributed by atoms with E-state index in [0.717, 1.165) is 76.4 Å². The van der Waals surface area contributed by atoms with Crippen LogP contribution in [0.1, 0.15) is 49.0 Å². The van der Waals surface area contributed by atoms with Crippen molar-refractivity contribution in [1.82, 2.24) is 9.80 Å². The molecule has 2 aromatic carbocycles. The fourth-order valence-corrected chi connectivity index (χ4v) is 4.71. The molecule has 32 heavy (non-hydrogen) atoms. The molecule has 0 N–H and O–H groups in total. The minimum atomic E-state index is 0.176. The van der Waals surface area contributed by atoms with Gasteiger partial charge >= 0.3 is 0 Å². The van der Waals surface area contributed by atoms with Crippen molar-refractivity contribution in [2.24, 2.45) is 0 Å². The molecule has 0 spiro atoms. The first-order valence-electron chi connectivity index (χ1n) is 12.2. The predicted octanol–water partition coefficient (Wildman–Crippen LogP) is 4.46. The molecule has 0 aliphatic carbocycles. The summed E-state index contributed by atoms with van der Waals surface area (Å²) < 4.78 is 6.02. The van der Waals surface area contributed by atoms with Crippen molar-refractivity contribution in [3.63, 3.8) is 0 Å². The van der Waals surface area contributed by atoms with E-state index >= 15 is 0 Å². The van der Waals surface area contributed by atoms with Gasteiger partial charge in [-0.15, -0.1) is 0 Å². The number of carbonyl (C=O) groups is 1. The molecular formula is C27H37N3O2. The Morgan fingerprint density at radius 1 is 0.906 bits per heavy atom. The van der Waals surface area contributed by atoms with Gasteiger partial charge in [0.2, 0.25) is 0 Å². The van der Waals surface area contributed by atoms with Crippen LogP contribution in [0.15, 0.2) is 48.5 Å². The van der Waals surface area contributed by atoms with E-state index in [-0.39, 0.29) is 12.0 Å². The maximum absolute atomic E-state index is 12.8. The Morgan fingerprint density at radius 2 is 1.66 bits per heavy atom. The fraction of sp³-hybridized carbons (Fsp3) is 0.519. The van der Waals surface area contributed by atoms with Crippen LogP contribution in [-0.2, 0) is 6.42 Å². The van der Waals surface area contributed by atoms with E-state index in [1.807, 2.05) is 23.1 Å². The third-order valence-electron chi connectivity index (χ3n) is 6.47. The number of hydrogen-bond donors (Lipinski definition) is 0. The van der Waals surface area contributed by atoms with Gasteiger partial charge in [-0.2, -0.15) is 0 Å². The number of amides is 1. The molecule has 5 heteroatoms. The second kappa shape index (κ2) is 10.9. The monoisotopic (exact) mass is 435 g/mol. The van der Waals surface area contributed by atoms with Crippen LogP contribution in [0.2, 0.25) is 0 Å². The largest absolute Gasteiger partial charge is 0.489 e. The molecule has 1 amide bonds. The third kappa shape index (κ3) is 5.83. The number of anilines is 1. The Bertz CT molecular complexity index is 884. The van der Waals surface area contributed by atoms with Crippen LogP contribution in [0.25, 0.3) is 0 Å². The Balaban J connectivity index is 1.29. The smallest absolute Gasteiger partial charge is 0.253 e. The minimum Gasteiger partial charge on any atom is -0.489 e. The highest BCUT2D eigenvalue weighted by Crippen LogP contribution is 2.29.